The Bertz CT molecular complexity index is 234. The van der Waals surface area contributed by atoms with Gasteiger partial charge in [-0.25, -0.2) is 0 Å². The Morgan fingerprint density at radius 2 is 1.93 bits per heavy atom. The molecule has 1 N–H and O–H groups in total. The average Bonchev–Trinajstić information content (AvgIpc) is 2.55. The largest absolute Gasteiger partial charge is 0.295 e. The van der Waals surface area contributed by atoms with Gasteiger partial charge in [0.25, 0.3) is 6.33 Å². The summed E-state index contributed by atoms with van der Waals surface area (Å²) >= 11 is 0. The van der Waals surface area contributed by atoms with Gasteiger partial charge in [0.1, 0.15) is 11.6 Å². The maximum atomic E-state index is 3.73. The molecule has 1 aromatic heterocycles. The molecule has 0 spiro atoms. The van der Waals surface area contributed by atoms with Crippen LogP contribution in [-0.4, -0.2) is 39.1 Å². The SMILES string of the molecule is CC(C)N(CC[n+]1cnn[nH]1)C(C)C. The number of nitrogens with one attached hydrogen (secondary N) is 1. The van der Waals surface area contributed by atoms with Crippen molar-refractivity contribution in [3.8, 4) is 0 Å². The Labute approximate surface area is 85.1 Å². The number of hydrogen-bond donors (Lipinski definition) is 1. The quantitative estimate of drug-likeness (QED) is 0.688. The minimum atomic E-state index is 0.575. The van der Waals surface area contributed by atoms with Crippen LogP contribution in [0.4, 0.5) is 0 Å². The van der Waals surface area contributed by atoms with Gasteiger partial charge in [0.05, 0.1) is 0 Å². The van der Waals surface area contributed by atoms with Gasteiger partial charge in [-0.05, 0) is 27.7 Å². The molecule has 0 amide bonds. The zero-order valence-corrected chi connectivity index (χ0v) is 9.44. The Hall–Kier alpha value is -0.970. The van der Waals surface area contributed by atoms with Crippen molar-refractivity contribution in [1.29, 1.82) is 0 Å². The molecule has 0 bridgehead atoms. The second-order valence-electron chi connectivity index (χ2n) is 4.05. The molecule has 1 heterocycles. The topological polar surface area (TPSA) is 48.7 Å². The highest BCUT2D eigenvalue weighted by Crippen LogP contribution is 2.03. The van der Waals surface area contributed by atoms with E-state index in [4.69, 9.17) is 0 Å². The minimum absolute atomic E-state index is 0.575. The van der Waals surface area contributed by atoms with Crippen molar-refractivity contribution in [3.05, 3.63) is 6.33 Å². The third-order valence-corrected chi connectivity index (χ3v) is 2.35. The Morgan fingerprint density at radius 3 is 2.36 bits per heavy atom. The molecule has 0 radical (unpaired) electrons. The number of H-pyrrole nitrogens is 1. The minimum Gasteiger partial charge on any atom is -0.295 e. The summed E-state index contributed by atoms with van der Waals surface area (Å²) in [6, 6.07) is 1.15. The zero-order chi connectivity index (χ0) is 10.6. The molecule has 5 nitrogen and oxygen atoms in total. The molecule has 80 valence electrons. The van der Waals surface area contributed by atoms with E-state index in [2.05, 4.69) is 48.1 Å². The van der Waals surface area contributed by atoms with Crippen LogP contribution in [0.2, 0.25) is 0 Å². The maximum Gasteiger partial charge on any atom is 0.288 e. The number of aromatic nitrogens is 4. The summed E-state index contributed by atoms with van der Waals surface area (Å²) in [5, 5.41) is 10.2. The van der Waals surface area contributed by atoms with Crippen molar-refractivity contribution in [2.45, 2.75) is 46.3 Å². The molecule has 0 aliphatic carbocycles. The molecule has 0 unspecified atom stereocenters. The van der Waals surface area contributed by atoms with Gasteiger partial charge in [0.2, 0.25) is 0 Å². The monoisotopic (exact) mass is 198 g/mol. The van der Waals surface area contributed by atoms with Crippen LogP contribution in [-0.2, 0) is 6.54 Å². The van der Waals surface area contributed by atoms with Crippen molar-refractivity contribution in [1.82, 2.24) is 20.4 Å². The van der Waals surface area contributed by atoms with E-state index in [0.717, 1.165) is 13.1 Å². The van der Waals surface area contributed by atoms with Gasteiger partial charge in [-0.3, -0.25) is 4.90 Å². The van der Waals surface area contributed by atoms with Crippen LogP contribution in [0.5, 0.6) is 0 Å². The van der Waals surface area contributed by atoms with E-state index in [1.54, 1.807) is 6.33 Å². The molecule has 0 aliphatic rings. The van der Waals surface area contributed by atoms with Crippen LogP contribution in [0, 0.1) is 0 Å². The molecule has 0 fully saturated rings. The molecule has 14 heavy (non-hydrogen) atoms. The van der Waals surface area contributed by atoms with Gasteiger partial charge >= 0.3 is 0 Å². The Balaban J connectivity index is 2.41. The van der Waals surface area contributed by atoms with E-state index >= 15 is 0 Å². The first-order chi connectivity index (χ1) is 6.61. The number of hydrogen-bond acceptors (Lipinski definition) is 3. The Morgan fingerprint density at radius 1 is 1.29 bits per heavy atom. The standard InChI is InChI=1S/C9H19N5/c1-8(2)14(9(3)4)6-5-13-7-10-11-12-13/h7-9H,5-6H2,1-4H3/p+1. The second-order valence-corrected chi connectivity index (χ2v) is 4.05. The van der Waals surface area contributed by atoms with Crippen LogP contribution in [0.15, 0.2) is 6.33 Å². The Kier molecular flexibility index (Phi) is 4.00. The number of rotatable bonds is 5. The highest BCUT2D eigenvalue weighted by Gasteiger charge is 2.13. The predicted octanol–water partition coefficient (Wildman–Crippen LogP) is 0.211. The molecular formula is C9H20N5+. The third kappa shape index (κ3) is 3.06. The molecule has 0 saturated carbocycles. The summed E-state index contributed by atoms with van der Waals surface area (Å²) in [5.41, 5.74) is 0. The van der Waals surface area contributed by atoms with Crippen molar-refractivity contribution in [3.63, 3.8) is 0 Å². The van der Waals surface area contributed by atoms with Crippen LogP contribution in [0.1, 0.15) is 27.7 Å². The fourth-order valence-electron chi connectivity index (χ4n) is 1.64. The molecule has 0 atom stereocenters. The summed E-state index contributed by atoms with van der Waals surface area (Å²) in [5.74, 6) is 0. The lowest BCUT2D eigenvalue weighted by Gasteiger charge is -2.29. The van der Waals surface area contributed by atoms with E-state index in [1.165, 1.54) is 0 Å². The fraction of sp³-hybridized carbons (Fsp3) is 0.889. The summed E-state index contributed by atoms with van der Waals surface area (Å²) in [7, 11) is 0. The van der Waals surface area contributed by atoms with Gasteiger partial charge in [0.15, 0.2) is 5.21 Å². The highest BCUT2D eigenvalue weighted by atomic mass is 15.5. The first-order valence-electron chi connectivity index (χ1n) is 5.12. The molecule has 1 rings (SSSR count). The van der Waals surface area contributed by atoms with Gasteiger partial charge in [-0.2, -0.15) is 4.68 Å². The van der Waals surface area contributed by atoms with Gasteiger partial charge in [-0.15, -0.1) is 0 Å². The lowest BCUT2D eigenvalue weighted by atomic mass is 10.2. The van der Waals surface area contributed by atoms with Gasteiger partial charge in [-0.1, -0.05) is 5.21 Å². The van der Waals surface area contributed by atoms with Crippen LogP contribution >= 0.6 is 0 Å². The summed E-state index contributed by atoms with van der Waals surface area (Å²) in [6.07, 6.45) is 1.71. The van der Waals surface area contributed by atoms with Crippen molar-refractivity contribution < 1.29 is 4.68 Å². The molecule has 1 aromatic rings. The van der Waals surface area contributed by atoms with E-state index < -0.39 is 0 Å². The van der Waals surface area contributed by atoms with E-state index in [9.17, 15) is 0 Å². The zero-order valence-electron chi connectivity index (χ0n) is 9.44. The van der Waals surface area contributed by atoms with E-state index in [-0.39, 0.29) is 0 Å². The molecule has 0 aliphatic heterocycles. The van der Waals surface area contributed by atoms with Crippen molar-refractivity contribution in [2.24, 2.45) is 0 Å². The van der Waals surface area contributed by atoms with Gasteiger partial charge in [0, 0.05) is 18.6 Å². The summed E-state index contributed by atoms with van der Waals surface area (Å²) < 4.78 is 1.89. The highest BCUT2D eigenvalue weighted by molar-refractivity contribution is 4.64. The molecular weight excluding hydrogens is 178 g/mol. The van der Waals surface area contributed by atoms with Gasteiger partial charge < -0.3 is 0 Å². The van der Waals surface area contributed by atoms with Crippen LogP contribution < -0.4 is 4.68 Å². The third-order valence-electron chi connectivity index (χ3n) is 2.35. The summed E-state index contributed by atoms with van der Waals surface area (Å²) in [4.78, 5) is 2.44. The lowest BCUT2D eigenvalue weighted by molar-refractivity contribution is -0.754. The molecule has 0 aromatic carbocycles. The van der Waals surface area contributed by atoms with E-state index in [0.29, 0.717) is 12.1 Å². The second kappa shape index (κ2) is 5.05. The average molecular weight is 198 g/mol. The van der Waals surface area contributed by atoms with E-state index in [1.807, 2.05) is 4.68 Å². The summed E-state index contributed by atoms with van der Waals surface area (Å²) in [6.45, 7) is 10.8. The number of nitrogens with zero attached hydrogens (tertiary/aromatic N) is 4. The number of aromatic amines is 1. The smallest absolute Gasteiger partial charge is 0.288 e. The fourth-order valence-corrected chi connectivity index (χ4v) is 1.64. The van der Waals surface area contributed by atoms with Crippen LogP contribution in [0.3, 0.4) is 0 Å². The first kappa shape index (κ1) is 11.1. The van der Waals surface area contributed by atoms with Crippen molar-refractivity contribution in [2.75, 3.05) is 6.54 Å². The first-order valence-corrected chi connectivity index (χ1v) is 5.12. The predicted molar refractivity (Wildman–Crippen MR) is 53.6 cm³/mol. The maximum absolute atomic E-state index is 3.73. The lowest BCUT2D eigenvalue weighted by Crippen LogP contribution is -2.46. The van der Waals surface area contributed by atoms with Crippen LogP contribution in [0.25, 0.3) is 0 Å². The normalized spacial score (nSPS) is 11.9. The number of tetrazole rings is 1. The molecule has 5 heteroatoms. The van der Waals surface area contributed by atoms with Crippen molar-refractivity contribution >= 4 is 0 Å². The molecule has 0 saturated heterocycles.